The van der Waals surface area contributed by atoms with Gasteiger partial charge in [0, 0.05) is 0 Å². The van der Waals surface area contributed by atoms with Crippen LogP contribution in [0, 0.1) is 0 Å². The molecule has 3 aliphatic rings. The molecule has 1 spiro atoms. The van der Waals surface area contributed by atoms with E-state index in [4.69, 9.17) is 23.7 Å². The van der Waals surface area contributed by atoms with Crippen LogP contribution in [0.25, 0.3) is 0 Å². The van der Waals surface area contributed by atoms with Crippen LogP contribution in [-0.4, -0.2) is 54.0 Å². The molecule has 104 valence electrons. The van der Waals surface area contributed by atoms with Gasteiger partial charge < -0.3 is 28.8 Å². The summed E-state index contributed by atoms with van der Waals surface area (Å²) in [5, 5.41) is 10.5. The molecule has 1 N–H and O–H groups in total. The van der Waals surface area contributed by atoms with Crippen LogP contribution in [0.5, 0.6) is 0 Å². The normalized spacial score (nSPS) is 49.5. The molecule has 0 radical (unpaired) electrons. The molecule has 0 aromatic rings. The Morgan fingerprint density at radius 2 is 1.72 bits per heavy atom. The lowest BCUT2D eigenvalue weighted by atomic mass is 9.97. The minimum atomic E-state index is -1.14. The first-order valence-electron chi connectivity index (χ1n) is 6.25. The summed E-state index contributed by atoms with van der Waals surface area (Å²) < 4.78 is 28.3. The topological polar surface area (TPSA) is 66.4 Å². The molecule has 0 bridgehead atoms. The summed E-state index contributed by atoms with van der Waals surface area (Å²) in [6.45, 7) is 7.74. The molecule has 0 unspecified atom stereocenters. The van der Waals surface area contributed by atoms with Crippen molar-refractivity contribution in [3.05, 3.63) is 0 Å². The van der Waals surface area contributed by atoms with Gasteiger partial charge >= 0.3 is 0 Å². The fourth-order valence-corrected chi connectivity index (χ4v) is 2.78. The van der Waals surface area contributed by atoms with Gasteiger partial charge in [-0.25, -0.2) is 0 Å². The molecule has 3 rings (SSSR count). The van der Waals surface area contributed by atoms with Crippen LogP contribution in [0.4, 0.5) is 0 Å². The quantitative estimate of drug-likeness (QED) is 0.679. The second-order valence-electron chi connectivity index (χ2n) is 6.00. The summed E-state index contributed by atoms with van der Waals surface area (Å²) in [6.07, 6.45) is -1.65. The number of hydrogen-bond donors (Lipinski definition) is 1. The largest absolute Gasteiger partial charge is 0.385 e. The van der Waals surface area contributed by atoms with Crippen LogP contribution in [-0.2, 0) is 23.7 Å². The highest BCUT2D eigenvalue weighted by Crippen LogP contribution is 2.43. The maximum atomic E-state index is 10.5. The first-order chi connectivity index (χ1) is 8.23. The Kier molecular flexibility index (Phi) is 2.59. The molecule has 3 heterocycles. The first-order valence-corrected chi connectivity index (χ1v) is 6.25. The van der Waals surface area contributed by atoms with E-state index in [0.717, 1.165) is 0 Å². The van der Waals surface area contributed by atoms with Crippen LogP contribution in [0.2, 0.25) is 0 Å². The van der Waals surface area contributed by atoms with Gasteiger partial charge in [0.25, 0.3) is 0 Å². The van der Waals surface area contributed by atoms with E-state index in [-0.39, 0.29) is 12.7 Å². The van der Waals surface area contributed by atoms with Gasteiger partial charge in [0.2, 0.25) is 5.79 Å². The Bertz CT molecular complexity index is 352. The second-order valence-corrected chi connectivity index (χ2v) is 6.00. The zero-order valence-electron chi connectivity index (χ0n) is 11.1. The Morgan fingerprint density at radius 1 is 1.00 bits per heavy atom. The van der Waals surface area contributed by atoms with Crippen LogP contribution >= 0.6 is 0 Å². The number of aliphatic hydroxyl groups excluding tert-OH is 1. The SMILES string of the molecule is CC1(C)O[C@@H]2[C@@H](O)[C@]3(COC(C)(C)O3)OC[C@H]2O1. The van der Waals surface area contributed by atoms with E-state index in [9.17, 15) is 5.11 Å². The number of rotatable bonds is 0. The van der Waals surface area contributed by atoms with Gasteiger partial charge in [-0.15, -0.1) is 0 Å². The summed E-state index contributed by atoms with van der Waals surface area (Å²) in [4.78, 5) is 0. The first kappa shape index (κ1) is 12.8. The van der Waals surface area contributed by atoms with Crippen molar-refractivity contribution in [1.29, 1.82) is 0 Å². The number of ether oxygens (including phenoxy) is 5. The van der Waals surface area contributed by atoms with Gasteiger partial charge in [-0.2, -0.15) is 0 Å². The Morgan fingerprint density at radius 3 is 2.33 bits per heavy atom. The molecule has 3 saturated heterocycles. The smallest absolute Gasteiger partial charge is 0.224 e. The van der Waals surface area contributed by atoms with E-state index in [1.165, 1.54) is 0 Å². The molecule has 6 nitrogen and oxygen atoms in total. The molecule has 6 heteroatoms. The van der Waals surface area contributed by atoms with Crippen molar-refractivity contribution >= 4 is 0 Å². The summed E-state index contributed by atoms with van der Waals surface area (Å²) >= 11 is 0. The average Bonchev–Trinajstić information content (AvgIpc) is 2.71. The predicted molar refractivity (Wildman–Crippen MR) is 59.6 cm³/mol. The fourth-order valence-electron chi connectivity index (χ4n) is 2.78. The molecule has 0 saturated carbocycles. The van der Waals surface area contributed by atoms with Gasteiger partial charge in [0.05, 0.1) is 6.61 Å². The standard InChI is InChI=1S/C12H20O6/c1-10(2)15-6-12(18-10)9(13)8-7(5-14-12)16-11(3,4)17-8/h7-9,13H,5-6H2,1-4H3/t7-,8+,9-,12-/m1/s1. The van der Waals surface area contributed by atoms with Crippen molar-refractivity contribution < 1.29 is 28.8 Å². The third-order valence-electron chi connectivity index (χ3n) is 3.51. The Hall–Kier alpha value is -0.240. The lowest BCUT2D eigenvalue weighted by molar-refractivity contribution is -0.326. The maximum Gasteiger partial charge on any atom is 0.224 e. The van der Waals surface area contributed by atoms with E-state index in [1.54, 1.807) is 13.8 Å². The molecule has 0 amide bonds. The third kappa shape index (κ3) is 1.88. The summed E-state index contributed by atoms with van der Waals surface area (Å²) in [6, 6.07) is 0. The number of aliphatic hydroxyl groups is 1. The lowest BCUT2D eigenvalue weighted by Crippen LogP contribution is -2.61. The number of hydrogen-bond acceptors (Lipinski definition) is 6. The minimum Gasteiger partial charge on any atom is -0.385 e. The van der Waals surface area contributed by atoms with Crippen molar-refractivity contribution in [2.75, 3.05) is 13.2 Å². The summed E-state index contributed by atoms with van der Waals surface area (Å²) in [5.41, 5.74) is 0. The summed E-state index contributed by atoms with van der Waals surface area (Å²) in [7, 11) is 0. The van der Waals surface area contributed by atoms with Crippen molar-refractivity contribution in [3.63, 3.8) is 0 Å². The monoisotopic (exact) mass is 260 g/mol. The highest BCUT2D eigenvalue weighted by molar-refractivity contribution is 5.00. The van der Waals surface area contributed by atoms with Crippen molar-refractivity contribution in [1.82, 2.24) is 0 Å². The van der Waals surface area contributed by atoms with Gasteiger partial charge in [-0.05, 0) is 27.7 Å². The van der Waals surface area contributed by atoms with E-state index < -0.39 is 29.6 Å². The Labute approximate surface area is 106 Å². The van der Waals surface area contributed by atoms with E-state index in [0.29, 0.717) is 6.61 Å². The van der Waals surface area contributed by atoms with E-state index in [2.05, 4.69) is 0 Å². The Balaban J connectivity index is 1.82. The maximum absolute atomic E-state index is 10.5. The van der Waals surface area contributed by atoms with Crippen molar-refractivity contribution in [2.24, 2.45) is 0 Å². The van der Waals surface area contributed by atoms with E-state index in [1.807, 2.05) is 13.8 Å². The zero-order valence-corrected chi connectivity index (χ0v) is 11.1. The van der Waals surface area contributed by atoms with Gasteiger partial charge in [-0.3, -0.25) is 0 Å². The third-order valence-corrected chi connectivity index (χ3v) is 3.51. The zero-order chi connectivity index (χ0) is 13.2. The summed E-state index contributed by atoms with van der Waals surface area (Å²) in [5.74, 6) is -2.61. The minimum absolute atomic E-state index is 0.189. The highest BCUT2D eigenvalue weighted by atomic mass is 16.9. The molecule has 4 atom stereocenters. The molecule has 0 aromatic heterocycles. The van der Waals surface area contributed by atoms with Crippen LogP contribution in [0.3, 0.4) is 0 Å². The molecule has 3 fully saturated rings. The molecule has 18 heavy (non-hydrogen) atoms. The molecule has 0 aromatic carbocycles. The number of fused-ring (bicyclic) bond motifs is 1. The average molecular weight is 260 g/mol. The molecular formula is C12H20O6. The molecule has 3 aliphatic heterocycles. The van der Waals surface area contributed by atoms with Crippen LogP contribution in [0.15, 0.2) is 0 Å². The van der Waals surface area contributed by atoms with Crippen LogP contribution in [0.1, 0.15) is 27.7 Å². The van der Waals surface area contributed by atoms with Gasteiger partial charge in [0.15, 0.2) is 11.6 Å². The van der Waals surface area contributed by atoms with Gasteiger partial charge in [-0.1, -0.05) is 0 Å². The second kappa shape index (κ2) is 3.65. The molecular weight excluding hydrogens is 240 g/mol. The van der Waals surface area contributed by atoms with Crippen LogP contribution < -0.4 is 0 Å². The van der Waals surface area contributed by atoms with Gasteiger partial charge in [0.1, 0.15) is 24.9 Å². The predicted octanol–water partition coefficient (Wildman–Crippen LogP) is 0.377. The van der Waals surface area contributed by atoms with E-state index >= 15 is 0 Å². The van der Waals surface area contributed by atoms with Crippen molar-refractivity contribution in [2.45, 2.75) is 63.4 Å². The molecule has 0 aliphatic carbocycles. The highest BCUT2D eigenvalue weighted by Gasteiger charge is 2.62. The fraction of sp³-hybridized carbons (Fsp3) is 1.00. The van der Waals surface area contributed by atoms with Crippen molar-refractivity contribution in [3.8, 4) is 0 Å². The lowest BCUT2D eigenvalue weighted by Gasteiger charge is -2.41.